The zero-order valence-corrected chi connectivity index (χ0v) is 10.3. The molecule has 0 radical (unpaired) electrons. The van der Waals surface area contributed by atoms with Crippen LogP contribution in [0.25, 0.3) is 11.6 Å². The molecule has 0 bridgehead atoms. The van der Waals surface area contributed by atoms with Gasteiger partial charge in [-0.2, -0.15) is 8.78 Å². The molecule has 0 saturated carbocycles. The fourth-order valence-corrected chi connectivity index (χ4v) is 1.65. The molecule has 0 nitrogen and oxygen atoms in total. The first-order valence-corrected chi connectivity index (χ1v) is 5.81. The van der Waals surface area contributed by atoms with Gasteiger partial charge < -0.3 is 0 Å². The Morgan fingerprint density at radius 1 is 0.750 bits per heavy atom. The van der Waals surface area contributed by atoms with E-state index in [0.717, 1.165) is 12.1 Å². The summed E-state index contributed by atoms with van der Waals surface area (Å²) < 4.78 is 51.4. The fourth-order valence-electron chi connectivity index (χ4n) is 1.65. The smallest absolute Gasteiger partial charge is 0.207 e. The van der Waals surface area contributed by atoms with Crippen molar-refractivity contribution in [2.24, 2.45) is 0 Å². The Hall–Kier alpha value is -2.36. The molecule has 0 atom stereocenters. The van der Waals surface area contributed by atoms with Crippen LogP contribution in [-0.4, -0.2) is 0 Å². The molecule has 0 unspecified atom stereocenters. The van der Waals surface area contributed by atoms with E-state index in [2.05, 4.69) is 0 Å². The van der Waals surface area contributed by atoms with Crippen molar-refractivity contribution >= 4 is 11.6 Å². The minimum absolute atomic E-state index is 0.213. The van der Waals surface area contributed by atoms with E-state index in [1.165, 1.54) is 48.6 Å². The normalized spacial score (nSPS) is 10.8. The minimum atomic E-state index is -1.87. The van der Waals surface area contributed by atoms with Crippen LogP contribution in [0.4, 0.5) is 17.6 Å². The third-order valence-corrected chi connectivity index (χ3v) is 2.67. The molecule has 2 aromatic carbocycles. The molecule has 0 aliphatic heterocycles. The van der Waals surface area contributed by atoms with Crippen molar-refractivity contribution in [2.75, 3.05) is 0 Å². The van der Waals surface area contributed by atoms with Gasteiger partial charge in [-0.15, -0.1) is 0 Å². The van der Waals surface area contributed by atoms with Gasteiger partial charge in [0.25, 0.3) is 6.08 Å². The summed E-state index contributed by atoms with van der Waals surface area (Å²) in [5, 5.41) is 0. The lowest BCUT2D eigenvalue weighted by Crippen LogP contribution is -1.84. The van der Waals surface area contributed by atoms with E-state index >= 15 is 0 Å². The molecule has 2 aromatic rings. The summed E-state index contributed by atoms with van der Waals surface area (Å²) in [6.07, 6.45) is 0.794. The Labute approximate surface area is 113 Å². The quantitative estimate of drug-likeness (QED) is 0.529. The van der Waals surface area contributed by atoms with Crippen LogP contribution in [0.3, 0.4) is 0 Å². The molecular formula is C16H10F4. The van der Waals surface area contributed by atoms with Gasteiger partial charge in [0, 0.05) is 5.57 Å². The van der Waals surface area contributed by atoms with Crippen LogP contribution < -0.4 is 0 Å². The number of hydrogen-bond donors (Lipinski definition) is 0. The zero-order chi connectivity index (χ0) is 14.5. The first-order valence-electron chi connectivity index (χ1n) is 5.81. The summed E-state index contributed by atoms with van der Waals surface area (Å²) in [5.41, 5.74) is 0.506. The lowest BCUT2D eigenvalue weighted by atomic mass is 10.1. The van der Waals surface area contributed by atoms with Gasteiger partial charge in [0.1, 0.15) is 11.6 Å². The minimum Gasteiger partial charge on any atom is -0.207 e. The highest BCUT2D eigenvalue weighted by Gasteiger charge is 2.06. The molecule has 0 saturated heterocycles. The molecule has 20 heavy (non-hydrogen) atoms. The van der Waals surface area contributed by atoms with Gasteiger partial charge in [-0.25, -0.2) is 8.78 Å². The molecule has 0 aliphatic carbocycles. The largest absolute Gasteiger partial charge is 0.278 e. The summed E-state index contributed by atoms with van der Waals surface area (Å²) in [4.78, 5) is 0. The maximum absolute atomic E-state index is 12.9. The third-order valence-electron chi connectivity index (χ3n) is 2.67. The topological polar surface area (TPSA) is 0 Å². The van der Waals surface area contributed by atoms with Crippen molar-refractivity contribution < 1.29 is 17.6 Å². The van der Waals surface area contributed by atoms with Gasteiger partial charge >= 0.3 is 0 Å². The second kappa shape index (κ2) is 6.19. The van der Waals surface area contributed by atoms with Crippen LogP contribution in [0.15, 0.2) is 60.7 Å². The van der Waals surface area contributed by atoms with Crippen molar-refractivity contribution in [2.45, 2.75) is 0 Å². The standard InChI is InChI=1S/C16H10F4/c17-13-6-1-11(2-7-13)3-10-15(16(19)20)12-4-8-14(18)9-5-12/h1-10H/b10-3+. The molecule has 2 rings (SSSR count). The molecule has 0 heterocycles. The summed E-state index contributed by atoms with van der Waals surface area (Å²) in [5.74, 6) is -0.886. The van der Waals surface area contributed by atoms with Crippen LogP contribution in [0.1, 0.15) is 11.1 Å². The predicted molar refractivity (Wildman–Crippen MR) is 71.0 cm³/mol. The summed E-state index contributed by atoms with van der Waals surface area (Å²) >= 11 is 0. The average Bonchev–Trinajstić information content (AvgIpc) is 2.43. The van der Waals surface area contributed by atoms with Gasteiger partial charge in [0.15, 0.2) is 0 Å². The average molecular weight is 278 g/mol. The first-order chi connectivity index (χ1) is 9.56. The zero-order valence-electron chi connectivity index (χ0n) is 10.3. The molecule has 0 N–H and O–H groups in total. The van der Waals surface area contributed by atoms with E-state index in [1.807, 2.05) is 0 Å². The number of hydrogen-bond acceptors (Lipinski definition) is 0. The lowest BCUT2D eigenvalue weighted by molar-refractivity contribution is 0.426. The molecule has 0 spiro atoms. The van der Waals surface area contributed by atoms with E-state index < -0.39 is 17.7 Å². The molecule has 0 amide bonds. The highest BCUT2D eigenvalue weighted by atomic mass is 19.3. The molecule has 102 valence electrons. The number of halogens is 4. The van der Waals surface area contributed by atoms with E-state index in [-0.39, 0.29) is 11.1 Å². The number of benzene rings is 2. The highest BCUT2D eigenvalue weighted by molar-refractivity contribution is 5.79. The van der Waals surface area contributed by atoms with Crippen molar-refractivity contribution in [3.63, 3.8) is 0 Å². The summed E-state index contributed by atoms with van der Waals surface area (Å²) in [6, 6.07) is 10.2. The van der Waals surface area contributed by atoms with E-state index in [0.29, 0.717) is 5.56 Å². The lowest BCUT2D eigenvalue weighted by Gasteiger charge is -2.01. The van der Waals surface area contributed by atoms with Crippen molar-refractivity contribution in [1.82, 2.24) is 0 Å². The molecular weight excluding hydrogens is 268 g/mol. The predicted octanol–water partition coefficient (Wildman–Crippen LogP) is 5.29. The van der Waals surface area contributed by atoms with Gasteiger partial charge in [-0.05, 0) is 41.5 Å². The monoisotopic (exact) mass is 278 g/mol. The van der Waals surface area contributed by atoms with Gasteiger partial charge in [0.05, 0.1) is 0 Å². The number of allylic oxidation sites excluding steroid dienone is 2. The van der Waals surface area contributed by atoms with E-state index in [4.69, 9.17) is 0 Å². The Morgan fingerprint density at radius 3 is 1.75 bits per heavy atom. The summed E-state index contributed by atoms with van der Waals surface area (Å²) in [6.45, 7) is 0. The second-order valence-corrected chi connectivity index (χ2v) is 4.07. The molecule has 4 heteroatoms. The van der Waals surface area contributed by atoms with Gasteiger partial charge in [0.2, 0.25) is 0 Å². The Balaban J connectivity index is 2.29. The van der Waals surface area contributed by atoms with E-state index in [9.17, 15) is 17.6 Å². The van der Waals surface area contributed by atoms with Crippen LogP contribution >= 0.6 is 0 Å². The third kappa shape index (κ3) is 3.57. The molecule has 0 aliphatic rings. The Kier molecular flexibility index (Phi) is 4.35. The maximum Gasteiger partial charge on any atom is 0.278 e. The van der Waals surface area contributed by atoms with Crippen molar-refractivity contribution in [3.05, 3.63) is 83.4 Å². The molecule has 0 fully saturated rings. The molecule has 0 aromatic heterocycles. The highest BCUT2D eigenvalue weighted by Crippen LogP contribution is 2.23. The van der Waals surface area contributed by atoms with Crippen LogP contribution in [0, 0.1) is 11.6 Å². The Bertz CT molecular complexity index is 633. The van der Waals surface area contributed by atoms with Gasteiger partial charge in [-0.1, -0.05) is 30.3 Å². The van der Waals surface area contributed by atoms with Crippen molar-refractivity contribution in [1.29, 1.82) is 0 Å². The van der Waals surface area contributed by atoms with Gasteiger partial charge in [-0.3, -0.25) is 0 Å². The second-order valence-electron chi connectivity index (χ2n) is 4.07. The Morgan fingerprint density at radius 2 is 1.25 bits per heavy atom. The summed E-state index contributed by atoms with van der Waals surface area (Å²) in [7, 11) is 0. The first kappa shape index (κ1) is 14.1. The van der Waals surface area contributed by atoms with Crippen molar-refractivity contribution in [3.8, 4) is 0 Å². The SMILES string of the molecule is FC(F)=C(/C=C/c1ccc(F)cc1)c1ccc(F)cc1. The van der Waals surface area contributed by atoms with Crippen LogP contribution in [-0.2, 0) is 0 Å². The van der Waals surface area contributed by atoms with Crippen LogP contribution in [0.2, 0.25) is 0 Å². The fraction of sp³-hybridized carbons (Fsp3) is 0. The number of rotatable bonds is 3. The van der Waals surface area contributed by atoms with E-state index in [1.54, 1.807) is 0 Å². The maximum atomic E-state index is 12.9. The van der Waals surface area contributed by atoms with Crippen LogP contribution in [0.5, 0.6) is 0 Å².